The van der Waals surface area contributed by atoms with Gasteiger partial charge in [-0.3, -0.25) is 0 Å². The van der Waals surface area contributed by atoms with Crippen LogP contribution in [0, 0.1) is 11.3 Å². The van der Waals surface area contributed by atoms with Crippen LogP contribution in [0.5, 0.6) is 5.75 Å². The molecule has 2 aromatic heterocycles. The molecule has 5 heteroatoms. The number of nitrogens with zero attached hydrogens (tertiary/aromatic N) is 4. The Labute approximate surface area is 281 Å². The minimum Gasteiger partial charge on any atom is -0.494 e. The van der Waals surface area contributed by atoms with Crippen LogP contribution in [0.4, 0.5) is 5.69 Å². The Bertz CT molecular complexity index is 1640. The third-order valence-corrected chi connectivity index (χ3v) is 9.73. The molecule has 4 heterocycles. The van der Waals surface area contributed by atoms with Crippen LogP contribution >= 0.6 is 0 Å². The first-order valence-electron chi connectivity index (χ1n) is 17.9. The predicted octanol–water partition coefficient (Wildman–Crippen LogP) is 8.43. The maximum atomic E-state index is 9.97. The van der Waals surface area contributed by atoms with Crippen LogP contribution in [-0.2, 0) is 26.4 Å². The topological polar surface area (TPSA) is 44.0 Å². The molecule has 0 fully saturated rings. The number of aryl methyl sites for hydroxylation is 4. The van der Waals surface area contributed by atoms with Gasteiger partial charge in [-0.25, -0.2) is 9.13 Å². The molecule has 2 aliphatic heterocycles. The maximum Gasteiger partial charge on any atom is 0.169 e. The second-order valence-corrected chi connectivity index (χ2v) is 13.3. The van der Waals surface area contributed by atoms with Gasteiger partial charge < -0.3 is 9.64 Å². The number of hydrogen-bond donors (Lipinski definition) is 0. The summed E-state index contributed by atoms with van der Waals surface area (Å²) in [6, 6.07) is 23.9. The molecule has 4 aromatic rings. The van der Waals surface area contributed by atoms with Crippen molar-refractivity contribution in [2.24, 2.45) is 7.05 Å². The predicted molar refractivity (Wildman–Crippen MR) is 191 cm³/mol. The van der Waals surface area contributed by atoms with Crippen molar-refractivity contribution in [3.05, 3.63) is 108 Å². The Morgan fingerprint density at radius 2 is 1.34 bits per heavy atom. The summed E-state index contributed by atoms with van der Waals surface area (Å²) in [5.41, 5.74) is 9.71. The molecule has 6 rings (SSSR count). The number of hydrogen-bond acceptors (Lipinski definition) is 3. The van der Waals surface area contributed by atoms with Crippen LogP contribution in [0.25, 0.3) is 22.8 Å². The van der Waals surface area contributed by atoms with E-state index in [1.165, 1.54) is 98.8 Å². The average Bonchev–Trinajstić information content (AvgIpc) is 3.11. The van der Waals surface area contributed by atoms with Gasteiger partial charge in [0.05, 0.1) is 18.2 Å². The smallest absolute Gasteiger partial charge is 0.169 e. The SMILES string of the molecule is C[n+]1ccc(-c2cc[n+](CCCCCCCCCCOc3ccc(/C(C#N)=C\c4cc5c6c(c4)CCCN6CCC5)cc3)cc2)cc1. The number of nitriles is 1. The molecule has 2 aliphatic rings. The monoisotopic (exact) mass is 626 g/mol. The minimum atomic E-state index is 0.706. The van der Waals surface area contributed by atoms with Crippen molar-refractivity contribution in [2.45, 2.75) is 83.6 Å². The van der Waals surface area contributed by atoms with Gasteiger partial charge in [0.2, 0.25) is 0 Å². The fourth-order valence-corrected chi connectivity index (χ4v) is 7.13. The molecular weight excluding hydrogens is 576 g/mol. The van der Waals surface area contributed by atoms with E-state index in [-0.39, 0.29) is 0 Å². The van der Waals surface area contributed by atoms with Crippen molar-refractivity contribution in [2.75, 3.05) is 24.6 Å². The zero-order chi connectivity index (χ0) is 32.3. The van der Waals surface area contributed by atoms with E-state index in [0.29, 0.717) is 5.57 Å². The lowest BCUT2D eigenvalue weighted by molar-refractivity contribution is -0.697. The van der Waals surface area contributed by atoms with Crippen molar-refractivity contribution in [1.82, 2.24) is 0 Å². The second kappa shape index (κ2) is 16.4. The summed E-state index contributed by atoms with van der Waals surface area (Å²) in [6.45, 7) is 4.19. The molecule has 0 amide bonds. The zero-order valence-electron chi connectivity index (χ0n) is 28.2. The molecule has 0 unspecified atom stereocenters. The molecule has 242 valence electrons. The van der Waals surface area contributed by atoms with Gasteiger partial charge in [-0.2, -0.15) is 5.26 Å². The van der Waals surface area contributed by atoms with Crippen molar-refractivity contribution in [3.63, 3.8) is 0 Å². The summed E-state index contributed by atoms with van der Waals surface area (Å²) in [4.78, 5) is 2.56. The molecule has 0 aliphatic carbocycles. The first-order chi connectivity index (χ1) is 23.2. The number of pyridine rings is 2. The molecule has 0 spiro atoms. The van der Waals surface area contributed by atoms with Gasteiger partial charge in [-0.15, -0.1) is 0 Å². The summed E-state index contributed by atoms with van der Waals surface area (Å²) >= 11 is 0. The van der Waals surface area contributed by atoms with Gasteiger partial charge >= 0.3 is 0 Å². The quantitative estimate of drug-likeness (QED) is 0.0576. The van der Waals surface area contributed by atoms with Crippen molar-refractivity contribution < 1.29 is 13.9 Å². The highest BCUT2D eigenvalue weighted by Crippen LogP contribution is 2.37. The lowest BCUT2D eigenvalue weighted by Crippen LogP contribution is -2.34. The summed E-state index contributed by atoms with van der Waals surface area (Å²) < 4.78 is 10.4. The van der Waals surface area contributed by atoms with E-state index in [2.05, 4.69) is 87.4 Å². The Morgan fingerprint density at radius 3 is 1.96 bits per heavy atom. The highest BCUT2D eigenvalue weighted by Gasteiger charge is 2.24. The van der Waals surface area contributed by atoms with Crippen LogP contribution in [0.2, 0.25) is 0 Å². The maximum absolute atomic E-state index is 9.97. The number of ether oxygens (including phenoxy) is 1. The first-order valence-corrected chi connectivity index (χ1v) is 17.9. The standard InChI is InChI=1S/C42H50N4O/c1-44-25-18-36(19-26-44)37-20-27-45(28-21-37)22-8-6-4-2-3-5-7-9-29-47-41-16-14-35(15-17-41)40(33-43)32-34-30-38-12-10-23-46-24-11-13-39(31-34)42(38)46/h14-21,25-28,30-32H,2-13,22-24,29H2,1H3/q+2/b40-32-. The summed E-state index contributed by atoms with van der Waals surface area (Å²) in [7, 11) is 2.05. The Balaban J connectivity index is 0.845. The average molecular weight is 627 g/mol. The number of rotatable bonds is 15. The molecule has 0 radical (unpaired) electrons. The summed E-state index contributed by atoms with van der Waals surface area (Å²) in [6.07, 6.45) is 25.4. The van der Waals surface area contributed by atoms with Gasteiger partial charge in [-0.1, -0.05) is 32.1 Å². The normalized spacial score (nSPS) is 14.0. The first kappa shape index (κ1) is 32.5. The van der Waals surface area contributed by atoms with Gasteiger partial charge in [0.15, 0.2) is 24.8 Å². The van der Waals surface area contributed by atoms with E-state index in [1.54, 1.807) is 0 Å². The molecular formula is C42H50N4O+2. The molecule has 0 saturated carbocycles. The van der Waals surface area contributed by atoms with Crippen LogP contribution in [0.15, 0.2) is 85.5 Å². The molecule has 5 nitrogen and oxygen atoms in total. The minimum absolute atomic E-state index is 0.706. The molecule has 0 bridgehead atoms. The van der Waals surface area contributed by atoms with Crippen molar-refractivity contribution >= 4 is 17.3 Å². The molecule has 2 aromatic carbocycles. The van der Waals surface area contributed by atoms with E-state index >= 15 is 0 Å². The van der Waals surface area contributed by atoms with E-state index in [0.717, 1.165) is 49.3 Å². The number of allylic oxidation sites excluding steroid dienone is 1. The summed E-state index contributed by atoms with van der Waals surface area (Å²) in [5, 5.41) is 9.97. The molecule has 47 heavy (non-hydrogen) atoms. The third-order valence-electron chi connectivity index (χ3n) is 9.73. The number of anilines is 1. The number of aromatic nitrogens is 2. The number of unbranched alkanes of at least 4 members (excludes halogenated alkanes) is 7. The van der Waals surface area contributed by atoms with E-state index in [1.807, 2.05) is 31.3 Å². The van der Waals surface area contributed by atoms with Crippen LogP contribution in [0.3, 0.4) is 0 Å². The summed E-state index contributed by atoms with van der Waals surface area (Å²) in [5.74, 6) is 0.881. The van der Waals surface area contributed by atoms with Gasteiger partial charge in [0.25, 0.3) is 0 Å². The third kappa shape index (κ3) is 8.89. The zero-order valence-corrected chi connectivity index (χ0v) is 28.2. The van der Waals surface area contributed by atoms with Crippen molar-refractivity contribution in [3.8, 4) is 22.9 Å². The Hall–Kier alpha value is -4.43. The lowest BCUT2D eigenvalue weighted by Gasteiger charge is -2.37. The van der Waals surface area contributed by atoms with Crippen LogP contribution in [-0.4, -0.2) is 19.7 Å². The number of benzene rings is 2. The molecule has 0 N–H and O–H groups in total. The lowest BCUT2D eigenvalue weighted by atomic mass is 9.89. The Kier molecular flexibility index (Phi) is 11.4. The van der Waals surface area contributed by atoms with Gasteiger partial charge in [-0.05, 0) is 114 Å². The van der Waals surface area contributed by atoms with E-state index < -0.39 is 0 Å². The largest absolute Gasteiger partial charge is 0.494 e. The highest BCUT2D eigenvalue weighted by atomic mass is 16.5. The molecule has 0 atom stereocenters. The highest BCUT2D eigenvalue weighted by molar-refractivity contribution is 5.90. The van der Waals surface area contributed by atoms with Gasteiger partial charge in [0.1, 0.15) is 19.3 Å². The fraction of sp³-hybridized carbons (Fsp3) is 0.405. The van der Waals surface area contributed by atoms with Crippen LogP contribution in [0.1, 0.15) is 86.5 Å². The van der Waals surface area contributed by atoms with Crippen LogP contribution < -0.4 is 18.8 Å². The van der Waals surface area contributed by atoms with E-state index in [9.17, 15) is 5.26 Å². The van der Waals surface area contributed by atoms with Crippen molar-refractivity contribution in [1.29, 1.82) is 5.26 Å². The Morgan fingerprint density at radius 1 is 0.766 bits per heavy atom. The van der Waals surface area contributed by atoms with E-state index in [4.69, 9.17) is 4.74 Å². The van der Waals surface area contributed by atoms with Gasteiger partial charge in [0, 0.05) is 49.5 Å². The fourth-order valence-electron chi connectivity index (χ4n) is 7.13. The molecule has 0 saturated heterocycles. The second-order valence-electron chi connectivity index (χ2n) is 13.3.